The summed E-state index contributed by atoms with van der Waals surface area (Å²) < 4.78 is 0. The van der Waals surface area contributed by atoms with Crippen LogP contribution in [0, 0.1) is 17.8 Å². The summed E-state index contributed by atoms with van der Waals surface area (Å²) in [5.41, 5.74) is -0.569. The van der Waals surface area contributed by atoms with Gasteiger partial charge in [0.2, 0.25) is 0 Å². The van der Waals surface area contributed by atoms with Crippen LogP contribution in [-0.2, 0) is 0 Å². The van der Waals surface area contributed by atoms with Gasteiger partial charge in [-0.25, -0.2) is 0 Å². The molecule has 2 fully saturated rings. The molecular formula is C12H20O2. The molecule has 0 amide bonds. The Labute approximate surface area is 85.6 Å². The maximum Gasteiger partial charge on any atom is 0.0742 e. The van der Waals surface area contributed by atoms with Gasteiger partial charge in [0.1, 0.15) is 0 Å². The molecule has 2 aliphatic rings. The van der Waals surface area contributed by atoms with E-state index in [0.29, 0.717) is 0 Å². The van der Waals surface area contributed by atoms with E-state index in [-0.39, 0.29) is 23.9 Å². The van der Waals surface area contributed by atoms with Crippen molar-refractivity contribution in [3.8, 4) is 0 Å². The molecule has 0 aromatic rings. The van der Waals surface area contributed by atoms with Crippen LogP contribution < -0.4 is 0 Å². The van der Waals surface area contributed by atoms with E-state index in [9.17, 15) is 10.2 Å². The minimum atomic E-state index is -0.569. The Hall–Kier alpha value is -0.340. The first-order valence-corrected chi connectivity index (χ1v) is 5.62. The zero-order valence-corrected chi connectivity index (χ0v) is 8.82. The van der Waals surface area contributed by atoms with Crippen LogP contribution in [0.4, 0.5) is 0 Å². The molecule has 0 aromatic carbocycles. The van der Waals surface area contributed by atoms with E-state index < -0.39 is 5.60 Å². The molecule has 2 saturated carbocycles. The SMILES string of the molecule is C=C[C@@H]1CC[C@H]2[C@H](C)[C@@H](O)CC[C@]12O. The third-order valence-electron chi connectivity index (χ3n) is 4.44. The van der Waals surface area contributed by atoms with Crippen molar-refractivity contribution in [3.63, 3.8) is 0 Å². The van der Waals surface area contributed by atoms with Crippen molar-refractivity contribution in [2.24, 2.45) is 17.8 Å². The van der Waals surface area contributed by atoms with Crippen LogP contribution in [0.3, 0.4) is 0 Å². The number of hydrogen-bond acceptors (Lipinski definition) is 2. The smallest absolute Gasteiger partial charge is 0.0742 e. The fourth-order valence-corrected chi connectivity index (χ4v) is 3.45. The lowest BCUT2D eigenvalue weighted by molar-refractivity contribution is -0.108. The van der Waals surface area contributed by atoms with Crippen LogP contribution in [-0.4, -0.2) is 21.9 Å². The van der Waals surface area contributed by atoms with Gasteiger partial charge in [-0.2, -0.15) is 0 Å². The van der Waals surface area contributed by atoms with E-state index in [0.717, 1.165) is 25.7 Å². The largest absolute Gasteiger partial charge is 0.393 e. The standard InChI is InChI=1S/C12H20O2/c1-3-9-4-5-10-8(2)11(13)6-7-12(9,10)14/h3,8-11,13-14H,1,4-7H2,2H3/t8-,9+,10-,11-,12-/m0/s1. The number of rotatable bonds is 1. The molecule has 5 atom stereocenters. The lowest BCUT2D eigenvalue weighted by atomic mass is 9.67. The van der Waals surface area contributed by atoms with Gasteiger partial charge >= 0.3 is 0 Å². The summed E-state index contributed by atoms with van der Waals surface area (Å²) in [6.45, 7) is 5.86. The van der Waals surface area contributed by atoms with E-state index >= 15 is 0 Å². The lowest BCUT2D eigenvalue weighted by Crippen LogP contribution is -2.49. The molecule has 2 rings (SSSR count). The molecule has 14 heavy (non-hydrogen) atoms. The Morgan fingerprint density at radius 3 is 2.71 bits per heavy atom. The van der Waals surface area contributed by atoms with E-state index in [4.69, 9.17) is 0 Å². The Bertz CT molecular complexity index is 238. The van der Waals surface area contributed by atoms with Crippen LogP contribution >= 0.6 is 0 Å². The van der Waals surface area contributed by atoms with Gasteiger partial charge in [0.25, 0.3) is 0 Å². The van der Waals surface area contributed by atoms with Crippen LogP contribution in [0.1, 0.15) is 32.6 Å². The zero-order chi connectivity index (χ0) is 10.3. The Morgan fingerprint density at radius 2 is 2.07 bits per heavy atom. The van der Waals surface area contributed by atoms with Crippen LogP contribution in [0.2, 0.25) is 0 Å². The molecule has 0 radical (unpaired) electrons. The predicted molar refractivity (Wildman–Crippen MR) is 55.8 cm³/mol. The summed E-state index contributed by atoms with van der Waals surface area (Å²) >= 11 is 0. The number of aliphatic hydroxyl groups excluding tert-OH is 1. The Kier molecular flexibility index (Phi) is 2.44. The normalized spacial score (nSPS) is 52.8. The number of hydrogen-bond donors (Lipinski definition) is 2. The van der Waals surface area contributed by atoms with Crippen molar-refractivity contribution in [2.75, 3.05) is 0 Å². The summed E-state index contributed by atoms with van der Waals surface area (Å²) in [4.78, 5) is 0. The highest BCUT2D eigenvalue weighted by Gasteiger charge is 2.53. The number of fused-ring (bicyclic) bond motifs is 1. The Morgan fingerprint density at radius 1 is 1.36 bits per heavy atom. The predicted octanol–water partition coefficient (Wildman–Crippen LogP) is 1.72. The van der Waals surface area contributed by atoms with Gasteiger partial charge < -0.3 is 10.2 Å². The van der Waals surface area contributed by atoms with Crippen molar-refractivity contribution in [1.82, 2.24) is 0 Å². The first kappa shape index (κ1) is 10.2. The molecule has 0 spiro atoms. The van der Waals surface area contributed by atoms with Crippen molar-refractivity contribution < 1.29 is 10.2 Å². The van der Waals surface area contributed by atoms with E-state index in [1.807, 2.05) is 6.08 Å². The van der Waals surface area contributed by atoms with Crippen molar-refractivity contribution in [1.29, 1.82) is 0 Å². The van der Waals surface area contributed by atoms with Crippen LogP contribution in [0.5, 0.6) is 0 Å². The summed E-state index contributed by atoms with van der Waals surface area (Å²) in [6, 6.07) is 0. The maximum atomic E-state index is 10.6. The first-order valence-electron chi connectivity index (χ1n) is 5.62. The first-order chi connectivity index (χ1) is 6.59. The van der Waals surface area contributed by atoms with E-state index in [1.54, 1.807) is 0 Å². The Balaban J connectivity index is 2.23. The second-order valence-electron chi connectivity index (χ2n) is 4.98. The summed E-state index contributed by atoms with van der Waals surface area (Å²) in [6.07, 6.45) is 5.21. The highest BCUT2D eigenvalue weighted by Crippen LogP contribution is 2.51. The van der Waals surface area contributed by atoms with Gasteiger partial charge in [0.05, 0.1) is 11.7 Å². The topological polar surface area (TPSA) is 40.5 Å². The summed E-state index contributed by atoms with van der Waals surface area (Å²) in [5.74, 6) is 0.746. The van der Waals surface area contributed by atoms with Gasteiger partial charge in [-0.15, -0.1) is 6.58 Å². The molecule has 0 bridgehead atoms. The molecule has 2 nitrogen and oxygen atoms in total. The molecule has 0 unspecified atom stereocenters. The van der Waals surface area contributed by atoms with E-state index in [1.165, 1.54) is 0 Å². The highest BCUT2D eigenvalue weighted by atomic mass is 16.3. The highest BCUT2D eigenvalue weighted by molar-refractivity contribution is 5.09. The molecule has 0 heterocycles. The molecule has 0 aromatic heterocycles. The van der Waals surface area contributed by atoms with Crippen molar-refractivity contribution in [2.45, 2.75) is 44.3 Å². The minimum absolute atomic E-state index is 0.219. The maximum absolute atomic E-state index is 10.6. The average molecular weight is 196 g/mol. The van der Waals surface area contributed by atoms with Gasteiger partial charge in [-0.1, -0.05) is 13.0 Å². The van der Waals surface area contributed by atoms with Crippen molar-refractivity contribution in [3.05, 3.63) is 12.7 Å². The van der Waals surface area contributed by atoms with Gasteiger partial charge in [0.15, 0.2) is 0 Å². The zero-order valence-electron chi connectivity index (χ0n) is 8.82. The summed E-state index contributed by atoms with van der Waals surface area (Å²) in [5, 5.41) is 20.3. The fraction of sp³-hybridized carbons (Fsp3) is 0.833. The minimum Gasteiger partial charge on any atom is -0.393 e. The van der Waals surface area contributed by atoms with E-state index in [2.05, 4.69) is 13.5 Å². The molecule has 2 aliphatic carbocycles. The second kappa shape index (κ2) is 3.35. The van der Waals surface area contributed by atoms with Crippen LogP contribution in [0.25, 0.3) is 0 Å². The van der Waals surface area contributed by atoms with Gasteiger partial charge in [-0.3, -0.25) is 0 Å². The quantitative estimate of drug-likeness (QED) is 0.627. The third kappa shape index (κ3) is 1.24. The lowest BCUT2D eigenvalue weighted by Gasteiger charge is -2.44. The molecule has 0 saturated heterocycles. The van der Waals surface area contributed by atoms with Gasteiger partial charge in [-0.05, 0) is 37.5 Å². The molecule has 80 valence electrons. The molecule has 0 aliphatic heterocycles. The van der Waals surface area contributed by atoms with Gasteiger partial charge in [0, 0.05) is 5.92 Å². The van der Waals surface area contributed by atoms with Crippen molar-refractivity contribution >= 4 is 0 Å². The fourth-order valence-electron chi connectivity index (χ4n) is 3.45. The molecule has 2 heteroatoms. The summed E-state index contributed by atoms with van der Waals surface area (Å²) in [7, 11) is 0. The molecular weight excluding hydrogens is 176 g/mol. The molecule has 2 N–H and O–H groups in total. The number of aliphatic hydroxyl groups is 2. The third-order valence-corrected chi connectivity index (χ3v) is 4.44. The second-order valence-corrected chi connectivity index (χ2v) is 4.98. The monoisotopic (exact) mass is 196 g/mol. The van der Waals surface area contributed by atoms with Crippen LogP contribution in [0.15, 0.2) is 12.7 Å². The average Bonchev–Trinajstić information content (AvgIpc) is 2.50.